The van der Waals surface area contributed by atoms with Crippen molar-refractivity contribution in [3.8, 4) is 0 Å². The smallest absolute Gasteiger partial charge is 0.261 e. The topological polar surface area (TPSA) is 47.3 Å². The molecular weight excluding hydrogens is 242 g/mol. The summed E-state index contributed by atoms with van der Waals surface area (Å²) in [7, 11) is 0. The van der Waals surface area contributed by atoms with Gasteiger partial charge in [0.2, 0.25) is 0 Å². The summed E-state index contributed by atoms with van der Waals surface area (Å²) >= 11 is 0. The van der Waals surface area contributed by atoms with E-state index >= 15 is 0 Å². The molecule has 0 amide bonds. The van der Waals surface area contributed by atoms with Gasteiger partial charge in [-0.25, -0.2) is 8.78 Å². The van der Waals surface area contributed by atoms with Crippen LogP contribution in [0.25, 0.3) is 0 Å². The van der Waals surface area contributed by atoms with Gasteiger partial charge in [-0.1, -0.05) is 0 Å². The fourth-order valence-corrected chi connectivity index (χ4v) is 1.77. The maximum absolute atomic E-state index is 11.8. The van der Waals surface area contributed by atoms with Crippen LogP contribution in [0.5, 0.6) is 0 Å². The van der Waals surface area contributed by atoms with Gasteiger partial charge in [0.25, 0.3) is 6.43 Å². The fourth-order valence-electron chi connectivity index (χ4n) is 1.77. The number of aliphatic hydroxyl groups is 1. The minimum Gasteiger partial charge on any atom is -0.393 e. The lowest BCUT2D eigenvalue weighted by atomic mass is 10.1. The highest BCUT2D eigenvalue weighted by Crippen LogP contribution is 2.09. The van der Waals surface area contributed by atoms with Crippen LogP contribution in [0.15, 0.2) is 6.07 Å². The average molecular weight is 262 g/mol. The van der Waals surface area contributed by atoms with Gasteiger partial charge in [0.15, 0.2) is 0 Å². The molecule has 0 spiro atoms. The van der Waals surface area contributed by atoms with Crippen LogP contribution in [0, 0.1) is 6.92 Å². The van der Waals surface area contributed by atoms with Crippen LogP contribution in [0.1, 0.15) is 24.7 Å². The van der Waals surface area contributed by atoms with Crippen LogP contribution >= 0.6 is 0 Å². The van der Waals surface area contributed by atoms with Crippen molar-refractivity contribution in [3.63, 3.8) is 0 Å². The fraction of sp³-hybridized carbons (Fsp3) is 0.750. The summed E-state index contributed by atoms with van der Waals surface area (Å²) in [6, 6.07) is 1.92. The van der Waals surface area contributed by atoms with E-state index in [0.29, 0.717) is 12.8 Å². The molecule has 1 unspecified atom stereocenters. The number of rotatable bonds is 8. The summed E-state index contributed by atoms with van der Waals surface area (Å²) in [4.78, 5) is 0. The van der Waals surface area contributed by atoms with E-state index in [1.165, 1.54) is 0 Å². The number of halogens is 2. The molecule has 0 aromatic carbocycles. The zero-order valence-corrected chi connectivity index (χ0v) is 10.8. The zero-order chi connectivity index (χ0) is 13.5. The number of nitrogens with zero attached hydrogens (tertiary/aromatic N) is 2. The van der Waals surface area contributed by atoms with Crippen LogP contribution in [-0.2, 0) is 17.7 Å². The lowest BCUT2D eigenvalue weighted by molar-refractivity contribution is 0.00495. The van der Waals surface area contributed by atoms with Crippen LogP contribution in [0.3, 0.4) is 0 Å². The number of ether oxygens (including phenoxy) is 1. The van der Waals surface area contributed by atoms with E-state index in [0.717, 1.165) is 17.9 Å². The van der Waals surface area contributed by atoms with E-state index in [1.54, 1.807) is 0 Å². The molecule has 6 heteroatoms. The molecule has 1 aromatic heterocycles. The van der Waals surface area contributed by atoms with Crippen molar-refractivity contribution in [2.24, 2.45) is 0 Å². The summed E-state index contributed by atoms with van der Waals surface area (Å²) in [5.74, 6) is 0. The number of alkyl halides is 2. The van der Waals surface area contributed by atoms with Crippen molar-refractivity contribution >= 4 is 0 Å². The number of aryl methyl sites for hydroxylation is 2. The zero-order valence-electron chi connectivity index (χ0n) is 10.8. The molecule has 0 aliphatic heterocycles. The second-order valence-electron chi connectivity index (χ2n) is 4.21. The molecule has 4 nitrogen and oxygen atoms in total. The molecule has 1 aromatic rings. The highest BCUT2D eigenvalue weighted by molar-refractivity contribution is 5.09. The molecule has 0 aliphatic carbocycles. The first-order valence-corrected chi connectivity index (χ1v) is 6.10. The largest absolute Gasteiger partial charge is 0.393 e. The van der Waals surface area contributed by atoms with Crippen molar-refractivity contribution in [1.82, 2.24) is 9.78 Å². The van der Waals surface area contributed by atoms with Gasteiger partial charge < -0.3 is 9.84 Å². The molecule has 0 aliphatic rings. The summed E-state index contributed by atoms with van der Waals surface area (Å²) < 4.78 is 30.2. The molecular formula is C12H20F2N2O2. The van der Waals surface area contributed by atoms with Gasteiger partial charge in [0.05, 0.1) is 11.8 Å². The van der Waals surface area contributed by atoms with Crippen molar-refractivity contribution in [3.05, 3.63) is 17.5 Å². The van der Waals surface area contributed by atoms with Crippen LogP contribution in [-0.4, -0.2) is 40.6 Å². The molecule has 0 saturated carbocycles. The molecule has 104 valence electrons. The second-order valence-corrected chi connectivity index (χ2v) is 4.21. The third-order valence-electron chi connectivity index (χ3n) is 2.57. The van der Waals surface area contributed by atoms with Crippen molar-refractivity contribution < 1.29 is 18.6 Å². The minimum atomic E-state index is -2.45. The standard InChI is InChI=1S/C12H20F2N2O2/c1-3-16-10(6-9(2)15-16)7-11(17)4-5-18-8-12(13)14/h6,11-12,17H,3-5,7-8H2,1-2H3. The quantitative estimate of drug-likeness (QED) is 0.726. The van der Waals surface area contributed by atoms with Crippen LogP contribution in [0.2, 0.25) is 0 Å². The van der Waals surface area contributed by atoms with Gasteiger partial charge in [-0.15, -0.1) is 0 Å². The van der Waals surface area contributed by atoms with E-state index < -0.39 is 19.1 Å². The predicted octanol–water partition coefficient (Wildman–Crippen LogP) is 1.79. The Morgan fingerprint density at radius 1 is 1.50 bits per heavy atom. The first-order valence-electron chi connectivity index (χ1n) is 6.10. The number of hydrogen-bond acceptors (Lipinski definition) is 3. The first-order chi connectivity index (χ1) is 8.52. The first kappa shape index (κ1) is 15.0. The highest BCUT2D eigenvalue weighted by atomic mass is 19.3. The Hall–Kier alpha value is -1.01. The summed E-state index contributed by atoms with van der Waals surface area (Å²) in [6.07, 6.45) is -2.23. The molecule has 18 heavy (non-hydrogen) atoms. The molecule has 1 atom stereocenters. The van der Waals surface area contributed by atoms with Gasteiger partial charge in [-0.05, 0) is 26.3 Å². The van der Waals surface area contributed by atoms with E-state index in [9.17, 15) is 13.9 Å². The number of aromatic nitrogens is 2. The highest BCUT2D eigenvalue weighted by Gasteiger charge is 2.11. The van der Waals surface area contributed by atoms with Crippen LogP contribution in [0.4, 0.5) is 8.78 Å². The van der Waals surface area contributed by atoms with E-state index in [1.807, 2.05) is 24.6 Å². The average Bonchev–Trinajstić information content (AvgIpc) is 2.64. The van der Waals surface area contributed by atoms with E-state index in [-0.39, 0.29) is 6.61 Å². The number of hydrogen-bond donors (Lipinski definition) is 1. The van der Waals surface area contributed by atoms with Crippen molar-refractivity contribution in [2.75, 3.05) is 13.2 Å². The van der Waals surface area contributed by atoms with E-state index in [4.69, 9.17) is 4.74 Å². The Bertz CT molecular complexity index is 356. The van der Waals surface area contributed by atoms with Gasteiger partial charge in [-0.3, -0.25) is 4.68 Å². The SMILES string of the molecule is CCn1nc(C)cc1CC(O)CCOCC(F)F. The summed E-state index contributed by atoms with van der Waals surface area (Å²) in [6.45, 7) is 4.20. The Kier molecular flexibility index (Phi) is 6.21. The minimum absolute atomic E-state index is 0.144. The van der Waals surface area contributed by atoms with E-state index in [2.05, 4.69) is 5.10 Å². The monoisotopic (exact) mass is 262 g/mol. The summed E-state index contributed by atoms with van der Waals surface area (Å²) in [5, 5.41) is 14.1. The second kappa shape index (κ2) is 7.43. The molecule has 0 fully saturated rings. The number of aliphatic hydroxyl groups excluding tert-OH is 1. The van der Waals surface area contributed by atoms with Gasteiger partial charge in [0.1, 0.15) is 6.61 Å². The van der Waals surface area contributed by atoms with Crippen molar-refractivity contribution in [1.29, 1.82) is 0 Å². The third-order valence-corrected chi connectivity index (χ3v) is 2.57. The molecule has 0 bridgehead atoms. The maximum Gasteiger partial charge on any atom is 0.261 e. The predicted molar refractivity (Wildman–Crippen MR) is 63.8 cm³/mol. The maximum atomic E-state index is 11.8. The Morgan fingerprint density at radius 2 is 2.22 bits per heavy atom. The molecule has 1 N–H and O–H groups in total. The Morgan fingerprint density at radius 3 is 2.83 bits per heavy atom. The lowest BCUT2D eigenvalue weighted by Gasteiger charge is -2.11. The van der Waals surface area contributed by atoms with Gasteiger partial charge in [0, 0.05) is 25.3 Å². The third kappa shape index (κ3) is 5.10. The van der Waals surface area contributed by atoms with Gasteiger partial charge in [-0.2, -0.15) is 5.10 Å². The Balaban J connectivity index is 2.32. The molecule has 0 saturated heterocycles. The molecule has 0 radical (unpaired) electrons. The molecule has 1 heterocycles. The van der Waals surface area contributed by atoms with Gasteiger partial charge >= 0.3 is 0 Å². The van der Waals surface area contributed by atoms with Crippen LogP contribution < -0.4 is 0 Å². The Labute approximate surface area is 106 Å². The summed E-state index contributed by atoms with van der Waals surface area (Å²) in [5.41, 5.74) is 1.87. The molecule has 1 rings (SSSR count). The normalized spacial score (nSPS) is 13.2. The lowest BCUT2D eigenvalue weighted by Crippen LogP contribution is -2.17. The van der Waals surface area contributed by atoms with Crippen molar-refractivity contribution in [2.45, 2.75) is 45.8 Å².